The zero-order valence-corrected chi connectivity index (χ0v) is 19.0. The summed E-state index contributed by atoms with van der Waals surface area (Å²) in [6.45, 7) is 5.81. The van der Waals surface area contributed by atoms with Gasteiger partial charge in [0.15, 0.2) is 10.9 Å². The van der Waals surface area contributed by atoms with Crippen molar-refractivity contribution in [2.75, 3.05) is 5.75 Å². The number of aryl methyl sites for hydroxylation is 2. The van der Waals surface area contributed by atoms with E-state index in [4.69, 9.17) is 5.14 Å². The SMILES string of the molecule is Cc1ccc2nc(SCC(=O)c3cc(C)n(-c4ccc(S(N)(=O)=O)cc4)c3C)[nH]c2c1. The first kappa shape index (κ1) is 21.4. The molecule has 0 saturated heterocycles. The number of nitrogens with zero attached hydrogens (tertiary/aromatic N) is 2. The average Bonchev–Trinajstić information content (AvgIpc) is 3.25. The number of nitrogens with two attached hydrogens (primary N) is 1. The Kier molecular flexibility index (Phi) is 5.50. The largest absolute Gasteiger partial charge is 0.333 e. The number of hydrogen-bond donors (Lipinski definition) is 2. The Hall–Kier alpha value is -2.88. The number of H-pyrrole nitrogens is 1. The molecule has 0 atom stereocenters. The van der Waals surface area contributed by atoms with Crippen molar-refractivity contribution in [3.05, 3.63) is 71.0 Å². The van der Waals surface area contributed by atoms with Crippen molar-refractivity contribution in [1.29, 1.82) is 0 Å². The molecule has 0 spiro atoms. The van der Waals surface area contributed by atoms with Gasteiger partial charge >= 0.3 is 0 Å². The molecule has 2 aromatic heterocycles. The van der Waals surface area contributed by atoms with Crippen molar-refractivity contribution >= 4 is 38.6 Å². The molecule has 4 aromatic rings. The summed E-state index contributed by atoms with van der Waals surface area (Å²) in [6.07, 6.45) is 0. The predicted molar refractivity (Wildman–Crippen MR) is 123 cm³/mol. The van der Waals surface area contributed by atoms with E-state index in [1.165, 1.54) is 23.9 Å². The van der Waals surface area contributed by atoms with E-state index in [9.17, 15) is 13.2 Å². The Balaban J connectivity index is 1.55. The number of aromatic nitrogens is 3. The lowest BCUT2D eigenvalue weighted by atomic mass is 10.2. The third-order valence-electron chi connectivity index (χ3n) is 5.11. The number of carbonyl (C=O) groups excluding carboxylic acids is 1. The van der Waals surface area contributed by atoms with Gasteiger partial charge in [-0.15, -0.1) is 0 Å². The second-order valence-corrected chi connectivity index (χ2v) is 9.96. The van der Waals surface area contributed by atoms with Crippen LogP contribution >= 0.6 is 11.8 Å². The van der Waals surface area contributed by atoms with Gasteiger partial charge in [0.05, 0.1) is 21.7 Å². The number of rotatable bonds is 6. The third kappa shape index (κ3) is 4.30. The summed E-state index contributed by atoms with van der Waals surface area (Å²) in [5.74, 6) is 0.259. The Bertz CT molecular complexity index is 1400. The van der Waals surface area contributed by atoms with Crippen molar-refractivity contribution in [1.82, 2.24) is 14.5 Å². The standard InChI is InChI=1S/C22H22N4O3S2/c1-13-4-9-19-20(10-13)25-22(24-19)30-12-21(27)18-11-14(2)26(15(18)3)16-5-7-17(8-6-16)31(23,28)29/h4-11H,12H2,1-3H3,(H,24,25)(H2,23,28,29). The number of hydrogen-bond acceptors (Lipinski definition) is 5. The molecule has 0 aliphatic rings. The summed E-state index contributed by atoms with van der Waals surface area (Å²) in [5, 5.41) is 5.88. The number of aromatic amines is 1. The quantitative estimate of drug-likeness (QED) is 0.339. The van der Waals surface area contributed by atoms with Gasteiger partial charge in [-0.05, 0) is 68.8 Å². The first-order valence-electron chi connectivity index (χ1n) is 9.58. The fourth-order valence-corrected chi connectivity index (χ4v) is 4.89. The van der Waals surface area contributed by atoms with Crippen LogP contribution in [-0.4, -0.2) is 34.5 Å². The minimum atomic E-state index is -3.75. The molecular formula is C22H22N4O3S2. The molecule has 0 radical (unpaired) electrons. The van der Waals surface area contributed by atoms with Gasteiger partial charge in [0.25, 0.3) is 0 Å². The van der Waals surface area contributed by atoms with E-state index in [0.29, 0.717) is 10.7 Å². The van der Waals surface area contributed by atoms with Crippen molar-refractivity contribution in [2.24, 2.45) is 5.14 Å². The maximum atomic E-state index is 12.9. The second kappa shape index (κ2) is 7.99. The van der Waals surface area contributed by atoms with Crippen LogP contribution in [0.3, 0.4) is 0 Å². The fourth-order valence-electron chi connectivity index (χ4n) is 3.61. The summed E-state index contributed by atoms with van der Waals surface area (Å²) in [5.41, 5.74) is 6.06. The normalized spacial score (nSPS) is 11.9. The summed E-state index contributed by atoms with van der Waals surface area (Å²) in [7, 11) is -3.75. The molecule has 4 rings (SSSR count). The maximum Gasteiger partial charge on any atom is 0.238 e. The molecule has 0 aliphatic carbocycles. The van der Waals surface area contributed by atoms with Gasteiger partial charge in [-0.25, -0.2) is 18.5 Å². The molecule has 2 aromatic carbocycles. The Morgan fingerprint density at radius 1 is 1.10 bits per heavy atom. The number of Topliss-reactive ketones (excluding diaryl/α,β-unsaturated/α-hetero) is 1. The predicted octanol–water partition coefficient (Wildman–Crippen LogP) is 3.90. The van der Waals surface area contributed by atoms with Gasteiger partial charge in [0, 0.05) is 22.6 Å². The van der Waals surface area contributed by atoms with Crippen LogP contribution in [0.4, 0.5) is 0 Å². The summed E-state index contributed by atoms with van der Waals surface area (Å²) in [4.78, 5) is 20.8. The Labute approximate surface area is 184 Å². The van der Waals surface area contributed by atoms with E-state index in [-0.39, 0.29) is 16.4 Å². The lowest BCUT2D eigenvalue weighted by molar-refractivity contribution is 0.102. The van der Waals surface area contributed by atoms with Gasteiger partial charge in [-0.2, -0.15) is 0 Å². The van der Waals surface area contributed by atoms with Crippen molar-refractivity contribution < 1.29 is 13.2 Å². The van der Waals surface area contributed by atoms with Crippen LogP contribution in [0.15, 0.2) is 58.6 Å². The maximum absolute atomic E-state index is 12.9. The highest BCUT2D eigenvalue weighted by atomic mass is 32.2. The highest BCUT2D eigenvalue weighted by molar-refractivity contribution is 7.99. The lowest BCUT2D eigenvalue weighted by Gasteiger charge is -2.10. The van der Waals surface area contributed by atoms with Gasteiger partial charge < -0.3 is 9.55 Å². The van der Waals surface area contributed by atoms with Crippen LogP contribution in [0.5, 0.6) is 0 Å². The summed E-state index contributed by atoms with van der Waals surface area (Å²) in [6, 6.07) is 14.1. The molecule has 0 unspecified atom stereocenters. The fraction of sp³-hybridized carbons (Fsp3) is 0.182. The van der Waals surface area contributed by atoms with E-state index >= 15 is 0 Å². The molecule has 0 saturated carbocycles. The van der Waals surface area contributed by atoms with E-state index in [1.807, 2.05) is 49.6 Å². The van der Waals surface area contributed by atoms with Gasteiger partial charge in [-0.1, -0.05) is 17.8 Å². The first-order chi connectivity index (χ1) is 14.6. The first-order valence-corrected chi connectivity index (χ1v) is 12.1. The summed E-state index contributed by atoms with van der Waals surface area (Å²) >= 11 is 1.37. The van der Waals surface area contributed by atoms with Crippen LogP contribution in [0.25, 0.3) is 16.7 Å². The number of ketones is 1. The Morgan fingerprint density at radius 3 is 2.48 bits per heavy atom. The minimum Gasteiger partial charge on any atom is -0.333 e. The van der Waals surface area contributed by atoms with E-state index in [1.54, 1.807) is 12.1 Å². The average molecular weight is 455 g/mol. The molecule has 0 amide bonds. The zero-order valence-electron chi connectivity index (χ0n) is 17.3. The molecule has 160 valence electrons. The number of sulfonamides is 1. The van der Waals surface area contributed by atoms with E-state index in [0.717, 1.165) is 33.7 Å². The van der Waals surface area contributed by atoms with Crippen LogP contribution in [0, 0.1) is 20.8 Å². The molecule has 31 heavy (non-hydrogen) atoms. The summed E-state index contributed by atoms with van der Waals surface area (Å²) < 4.78 is 24.9. The number of nitrogens with one attached hydrogen (secondary N) is 1. The second-order valence-electron chi connectivity index (χ2n) is 7.43. The lowest BCUT2D eigenvalue weighted by Crippen LogP contribution is -2.12. The van der Waals surface area contributed by atoms with Crippen molar-refractivity contribution in [2.45, 2.75) is 30.8 Å². The van der Waals surface area contributed by atoms with Crippen molar-refractivity contribution in [3.8, 4) is 5.69 Å². The number of imidazole rings is 1. The minimum absolute atomic E-state index is 0.00198. The molecule has 7 nitrogen and oxygen atoms in total. The topological polar surface area (TPSA) is 111 Å². The van der Waals surface area contributed by atoms with Crippen molar-refractivity contribution in [3.63, 3.8) is 0 Å². The number of carbonyl (C=O) groups is 1. The number of benzene rings is 2. The van der Waals surface area contributed by atoms with Crippen LogP contribution in [-0.2, 0) is 10.0 Å². The number of fused-ring (bicyclic) bond motifs is 1. The highest BCUT2D eigenvalue weighted by Crippen LogP contribution is 2.25. The van der Waals surface area contributed by atoms with Gasteiger partial charge in [-0.3, -0.25) is 4.79 Å². The molecule has 0 fully saturated rings. The van der Waals surface area contributed by atoms with Crippen LogP contribution in [0.1, 0.15) is 27.3 Å². The van der Waals surface area contributed by atoms with Gasteiger partial charge in [0.2, 0.25) is 10.0 Å². The number of thioether (sulfide) groups is 1. The zero-order chi connectivity index (χ0) is 22.3. The molecule has 0 aliphatic heterocycles. The molecule has 2 heterocycles. The molecule has 9 heteroatoms. The van der Waals surface area contributed by atoms with E-state index in [2.05, 4.69) is 9.97 Å². The van der Waals surface area contributed by atoms with Crippen LogP contribution < -0.4 is 5.14 Å². The number of primary sulfonamides is 1. The third-order valence-corrected chi connectivity index (χ3v) is 6.91. The van der Waals surface area contributed by atoms with E-state index < -0.39 is 10.0 Å². The highest BCUT2D eigenvalue weighted by Gasteiger charge is 2.18. The molecular weight excluding hydrogens is 432 g/mol. The van der Waals surface area contributed by atoms with Gasteiger partial charge in [0.1, 0.15) is 0 Å². The smallest absolute Gasteiger partial charge is 0.238 e. The molecule has 3 N–H and O–H groups in total. The molecule has 0 bridgehead atoms. The van der Waals surface area contributed by atoms with Crippen LogP contribution in [0.2, 0.25) is 0 Å². The Morgan fingerprint density at radius 2 is 1.81 bits per heavy atom. The monoisotopic (exact) mass is 454 g/mol.